The number of aromatic amines is 2. The summed E-state index contributed by atoms with van der Waals surface area (Å²) in [6, 6.07) is 7.51. The van der Waals surface area contributed by atoms with Crippen molar-refractivity contribution in [3.8, 4) is 0 Å². The molecule has 0 spiro atoms. The zero-order chi connectivity index (χ0) is 32.0. The molecule has 6 N–H and O–H groups in total. The molecule has 8 bridgehead atoms. The Labute approximate surface area is 273 Å². The zero-order valence-corrected chi connectivity index (χ0v) is 29.5. The van der Waals surface area contributed by atoms with E-state index in [4.69, 9.17) is 9.97 Å². The maximum Gasteiger partial charge on any atom is 0.303 e. The number of aliphatic hydroxyl groups excluding tert-OH is 2. The van der Waals surface area contributed by atoms with Gasteiger partial charge in [-0.15, -0.1) is 0 Å². The second-order valence-electron chi connectivity index (χ2n) is 11.7. The first kappa shape index (κ1) is 34.0. The Morgan fingerprint density at radius 1 is 0.644 bits per heavy atom. The number of carboxylic acids is 2. The summed E-state index contributed by atoms with van der Waals surface area (Å²) < 4.78 is 0. The number of hydrogen-bond acceptors (Lipinski definition) is 6. The minimum absolute atomic E-state index is 0. The van der Waals surface area contributed by atoms with Gasteiger partial charge >= 0.3 is 11.9 Å². The van der Waals surface area contributed by atoms with E-state index in [1.165, 1.54) is 0 Å². The van der Waals surface area contributed by atoms with Crippen molar-refractivity contribution >= 4 is 56.3 Å². The Kier molecular flexibility index (Phi) is 9.97. The van der Waals surface area contributed by atoms with Gasteiger partial charge in [0.15, 0.2) is 0 Å². The summed E-state index contributed by atoms with van der Waals surface area (Å²) in [5, 5.41) is 40.5. The molecule has 0 saturated carbocycles. The standard InChI is InChI=1S/C34H38N4O6.Zn/c1-15-21(7-9-31(41)42)27-14-28-22(8-10-32(43)44)16(2)24(36-28)12-29-34(20(6)40)18(4)26(38-29)13-30-33(19(5)39)17(3)25(37-30)11-23(15)35-27;/h11-14,19-20,37-40H,7-10H2,1-6H3,(H,41,42)(H,43,44);. The van der Waals surface area contributed by atoms with Crippen molar-refractivity contribution in [3.05, 3.63) is 69.3 Å². The van der Waals surface area contributed by atoms with Gasteiger partial charge in [0.2, 0.25) is 0 Å². The van der Waals surface area contributed by atoms with E-state index >= 15 is 0 Å². The third-order valence-corrected chi connectivity index (χ3v) is 8.65. The number of fused-ring (bicyclic) bond motifs is 8. The molecule has 2 atom stereocenters. The van der Waals surface area contributed by atoms with Crippen molar-refractivity contribution in [1.29, 1.82) is 0 Å². The SMILES string of the molecule is CC1=C(CCC(=O)O)c2cc3nc(cc4[nH]c(cc5[nH]c(cc1n2)c(C)c5C(C)O)c(C)c4C(C)O)C(C)=C3CCC(=O)O.[Zn]. The Bertz CT molecular complexity index is 1930. The van der Waals surface area contributed by atoms with Crippen LogP contribution in [0.15, 0.2) is 24.3 Å². The van der Waals surface area contributed by atoms with Gasteiger partial charge in [0.1, 0.15) is 0 Å². The first-order valence-electron chi connectivity index (χ1n) is 14.7. The Balaban J connectivity index is 0.00000461. The van der Waals surface area contributed by atoms with Gasteiger partial charge in [-0.05, 0) is 112 Å². The van der Waals surface area contributed by atoms with E-state index in [-0.39, 0.29) is 45.2 Å². The molecule has 0 fully saturated rings. The number of aromatic nitrogens is 4. The van der Waals surface area contributed by atoms with Gasteiger partial charge < -0.3 is 30.4 Å². The molecular formula is C34H38N4O6Zn. The van der Waals surface area contributed by atoms with Crippen molar-refractivity contribution in [2.24, 2.45) is 0 Å². The first-order valence-corrected chi connectivity index (χ1v) is 14.7. The van der Waals surface area contributed by atoms with Crippen molar-refractivity contribution < 1.29 is 49.5 Å². The monoisotopic (exact) mass is 662 g/mol. The molecule has 0 saturated heterocycles. The van der Waals surface area contributed by atoms with Crippen LogP contribution in [0, 0.1) is 13.8 Å². The molecule has 2 unspecified atom stereocenters. The van der Waals surface area contributed by atoms with Crippen molar-refractivity contribution in [3.63, 3.8) is 0 Å². The van der Waals surface area contributed by atoms with E-state index in [0.717, 1.165) is 50.0 Å². The number of aliphatic hydroxyl groups is 2. The molecule has 10 nitrogen and oxygen atoms in total. The Morgan fingerprint density at radius 2 is 1.02 bits per heavy atom. The average molecular weight is 664 g/mol. The summed E-state index contributed by atoms with van der Waals surface area (Å²) in [5.41, 5.74) is 11.7. The van der Waals surface area contributed by atoms with Crippen LogP contribution in [0.25, 0.3) is 44.4 Å². The van der Waals surface area contributed by atoms with E-state index in [1.54, 1.807) is 13.8 Å². The fourth-order valence-corrected chi connectivity index (χ4v) is 6.32. The third kappa shape index (κ3) is 6.57. The van der Waals surface area contributed by atoms with Gasteiger partial charge in [-0.1, -0.05) is 0 Å². The van der Waals surface area contributed by atoms with Gasteiger partial charge in [-0.25, -0.2) is 9.97 Å². The fourth-order valence-electron chi connectivity index (χ4n) is 6.32. The summed E-state index contributed by atoms with van der Waals surface area (Å²) in [6.45, 7) is 11.1. The number of aliphatic carboxylic acids is 2. The molecule has 45 heavy (non-hydrogen) atoms. The topological polar surface area (TPSA) is 172 Å². The molecule has 232 valence electrons. The van der Waals surface area contributed by atoms with Crippen LogP contribution in [0.5, 0.6) is 0 Å². The van der Waals surface area contributed by atoms with Crippen molar-refractivity contribution in [1.82, 2.24) is 19.9 Å². The Hall–Kier alpha value is -3.92. The van der Waals surface area contributed by atoms with E-state index in [2.05, 4.69) is 9.97 Å². The molecule has 5 rings (SSSR count). The number of rotatable bonds is 8. The number of nitrogens with one attached hydrogen (secondary N) is 2. The predicted octanol–water partition coefficient (Wildman–Crippen LogP) is 6.63. The van der Waals surface area contributed by atoms with E-state index in [9.17, 15) is 30.0 Å². The summed E-state index contributed by atoms with van der Waals surface area (Å²) in [5.74, 6) is -1.84. The molecule has 11 heteroatoms. The van der Waals surface area contributed by atoms with Crippen LogP contribution in [-0.2, 0) is 29.1 Å². The van der Waals surface area contributed by atoms with Gasteiger partial charge in [-0.2, -0.15) is 0 Å². The molecular weight excluding hydrogens is 626 g/mol. The number of carboxylic acid groups (broad SMARTS) is 2. The van der Waals surface area contributed by atoms with Crippen LogP contribution in [0.3, 0.4) is 0 Å². The van der Waals surface area contributed by atoms with Gasteiger partial charge in [0, 0.05) is 65.5 Å². The molecule has 3 aromatic rings. The second-order valence-corrected chi connectivity index (χ2v) is 11.7. The second kappa shape index (κ2) is 13.2. The fraction of sp³-hybridized carbons (Fsp3) is 0.353. The maximum atomic E-state index is 11.6. The first-order chi connectivity index (χ1) is 20.8. The predicted molar refractivity (Wildman–Crippen MR) is 170 cm³/mol. The van der Waals surface area contributed by atoms with Crippen molar-refractivity contribution in [2.45, 2.75) is 79.4 Å². The van der Waals surface area contributed by atoms with Crippen molar-refractivity contribution in [2.75, 3.05) is 0 Å². The third-order valence-electron chi connectivity index (χ3n) is 8.65. The minimum Gasteiger partial charge on any atom is -0.481 e. The van der Waals surface area contributed by atoms with Crippen LogP contribution in [-0.4, -0.2) is 52.3 Å². The van der Waals surface area contributed by atoms with Crippen LogP contribution >= 0.6 is 0 Å². The summed E-state index contributed by atoms with van der Waals surface area (Å²) in [7, 11) is 0. The summed E-state index contributed by atoms with van der Waals surface area (Å²) >= 11 is 0. The zero-order valence-electron chi connectivity index (χ0n) is 26.5. The quantitative estimate of drug-likeness (QED) is 0.146. The van der Waals surface area contributed by atoms with Gasteiger partial charge in [0.05, 0.1) is 35.0 Å². The summed E-state index contributed by atoms with van der Waals surface area (Å²) in [6.07, 6.45) is -1.18. The van der Waals surface area contributed by atoms with Gasteiger partial charge in [0.25, 0.3) is 0 Å². The van der Waals surface area contributed by atoms with E-state index in [1.807, 2.05) is 52.0 Å². The van der Waals surface area contributed by atoms with Crippen LogP contribution in [0.2, 0.25) is 0 Å². The number of nitrogens with zero attached hydrogens (tertiary/aromatic N) is 2. The van der Waals surface area contributed by atoms with E-state index < -0.39 is 24.1 Å². The number of allylic oxidation sites excluding steroid dienone is 4. The van der Waals surface area contributed by atoms with Crippen LogP contribution in [0.1, 0.15) is 111 Å². The largest absolute Gasteiger partial charge is 0.481 e. The molecule has 0 aliphatic carbocycles. The number of carbonyl (C=O) groups is 2. The minimum atomic E-state index is -0.921. The summed E-state index contributed by atoms with van der Waals surface area (Å²) in [4.78, 5) is 39.8. The number of hydrogen-bond donors (Lipinski definition) is 6. The smallest absolute Gasteiger partial charge is 0.303 e. The van der Waals surface area contributed by atoms with Crippen LogP contribution in [0.4, 0.5) is 0 Å². The number of H-pyrrole nitrogens is 2. The van der Waals surface area contributed by atoms with E-state index in [0.29, 0.717) is 39.4 Å². The number of aryl methyl sites for hydroxylation is 2. The van der Waals surface area contributed by atoms with Gasteiger partial charge in [-0.3, -0.25) is 9.59 Å². The molecule has 5 heterocycles. The molecule has 0 amide bonds. The molecule has 3 aromatic heterocycles. The molecule has 2 aliphatic heterocycles. The maximum absolute atomic E-state index is 11.6. The molecule has 2 aliphatic rings. The Morgan fingerprint density at radius 3 is 1.42 bits per heavy atom. The average Bonchev–Trinajstić information content (AvgIpc) is 3.59. The normalized spacial score (nSPS) is 14.4. The van der Waals surface area contributed by atoms with Crippen LogP contribution < -0.4 is 0 Å². The molecule has 0 radical (unpaired) electrons. The molecule has 0 aromatic carbocycles.